The Hall–Kier alpha value is -0.0800. The van der Waals surface area contributed by atoms with Crippen LogP contribution in [0.25, 0.3) is 0 Å². The zero-order valence-electron chi connectivity index (χ0n) is 9.37. The van der Waals surface area contributed by atoms with E-state index in [1.54, 1.807) is 0 Å². The summed E-state index contributed by atoms with van der Waals surface area (Å²) in [6, 6.07) is 0. The quantitative estimate of drug-likeness (QED) is 0.458. The minimum Gasteiger partial charge on any atom is -0.394 e. The Labute approximate surface area is 87.7 Å². The number of ether oxygens (including phenoxy) is 1. The minimum atomic E-state index is 0.176. The highest BCUT2D eigenvalue weighted by Crippen LogP contribution is 2.26. The van der Waals surface area contributed by atoms with Crippen molar-refractivity contribution in [2.24, 2.45) is 0 Å². The van der Waals surface area contributed by atoms with Crippen molar-refractivity contribution in [1.29, 1.82) is 0 Å². The Balaban J connectivity index is 1.73. The highest BCUT2D eigenvalue weighted by molar-refractivity contribution is 4.83. The van der Waals surface area contributed by atoms with Crippen LogP contribution in [-0.2, 0) is 4.74 Å². The van der Waals surface area contributed by atoms with Crippen molar-refractivity contribution in [3.05, 3.63) is 0 Å². The van der Waals surface area contributed by atoms with Gasteiger partial charge in [0.1, 0.15) is 6.10 Å². The van der Waals surface area contributed by atoms with E-state index in [1.165, 1.54) is 44.9 Å². The standard InChI is InChI=1S/C12H24O2/c1-2-3-4-5-6-7-8-9-11-12(10-13)14-11/h11-13H,2-10H2,1H3/t11?,12-/m1/s1. The summed E-state index contributed by atoms with van der Waals surface area (Å²) < 4.78 is 5.26. The van der Waals surface area contributed by atoms with E-state index in [0.29, 0.717) is 6.10 Å². The van der Waals surface area contributed by atoms with Gasteiger partial charge < -0.3 is 9.84 Å². The predicted octanol–water partition coefficient (Wildman–Crippen LogP) is 2.89. The molecule has 1 heterocycles. The predicted molar refractivity (Wildman–Crippen MR) is 58.4 cm³/mol. The summed E-state index contributed by atoms with van der Waals surface area (Å²) in [6.07, 6.45) is 11.2. The molecule has 84 valence electrons. The van der Waals surface area contributed by atoms with Crippen molar-refractivity contribution in [1.82, 2.24) is 0 Å². The zero-order chi connectivity index (χ0) is 10.2. The topological polar surface area (TPSA) is 32.8 Å². The molecule has 1 unspecified atom stereocenters. The number of hydrogen-bond acceptors (Lipinski definition) is 2. The Morgan fingerprint density at radius 2 is 1.57 bits per heavy atom. The van der Waals surface area contributed by atoms with Crippen LogP contribution in [0.2, 0.25) is 0 Å². The molecule has 0 saturated carbocycles. The summed E-state index contributed by atoms with van der Waals surface area (Å²) in [7, 11) is 0. The third-order valence-electron chi connectivity index (χ3n) is 2.96. The van der Waals surface area contributed by atoms with Crippen molar-refractivity contribution < 1.29 is 9.84 Å². The molecule has 1 rings (SSSR count). The third-order valence-corrected chi connectivity index (χ3v) is 2.96. The molecule has 1 fully saturated rings. The van der Waals surface area contributed by atoms with E-state index in [1.807, 2.05) is 0 Å². The first-order valence-electron chi connectivity index (χ1n) is 6.14. The summed E-state index contributed by atoms with van der Waals surface area (Å²) >= 11 is 0. The molecule has 0 radical (unpaired) electrons. The number of aliphatic hydroxyl groups is 1. The summed E-state index contributed by atoms with van der Waals surface area (Å²) in [5.74, 6) is 0. The minimum absolute atomic E-state index is 0.176. The van der Waals surface area contributed by atoms with Crippen LogP contribution < -0.4 is 0 Å². The Morgan fingerprint density at radius 3 is 2.14 bits per heavy atom. The molecule has 0 spiro atoms. The molecule has 1 aliphatic heterocycles. The van der Waals surface area contributed by atoms with Crippen molar-refractivity contribution in [3.63, 3.8) is 0 Å². The van der Waals surface area contributed by atoms with E-state index in [-0.39, 0.29) is 12.7 Å². The molecule has 2 heteroatoms. The van der Waals surface area contributed by atoms with Gasteiger partial charge in [0.15, 0.2) is 0 Å². The summed E-state index contributed by atoms with van der Waals surface area (Å²) in [6.45, 7) is 2.46. The monoisotopic (exact) mass is 200 g/mol. The van der Waals surface area contributed by atoms with E-state index in [4.69, 9.17) is 9.84 Å². The lowest BCUT2D eigenvalue weighted by molar-refractivity contribution is 0.241. The molecule has 2 nitrogen and oxygen atoms in total. The van der Waals surface area contributed by atoms with Gasteiger partial charge in [-0.3, -0.25) is 0 Å². The van der Waals surface area contributed by atoms with E-state index >= 15 is 0 Å². The summed E-state index contributed by atoms with van der Waals surface area (Å²) in [5.41, 5.74) is 0. The largest absolute Gasteiger partial charge is 0.394 e. The second-order valence-electron chi connectivity index (χ2n) is 4.31. The molecule has 14 heavy (non-hydrogen) atoms. The van der Waals surface area contributed by atoms with Gasteiger partial charge in [-0.1, -0.05) is 51.9 Å². The van der Waals surface area contributed by atoms with Gasteiger partial charge in [-0.2, -0.15) is 0 Å². The molecule has 1 N–H and O–H groups in total. The van der Waals surface area contributed by atoms with E-state index < -0.39 is 0 Å². The van der Waals surface area contributed by atoms with Crippen LogP contribution in [0.3, 0.4) is 0 Å². The lowest BCUT2D eigenvalue weighted by Crippen LogP contribution is -1.98. The number of aliphatic hydroxyl groups excluding tert-OH is 1. The first-order valence-corrected chi connectivity index (χ1v) is 6.14. The third kappa shape index (κ3) is 4.97. The lowest BCUT2D eigenvalue weighted by atomic mass is 10.1. The number of epoxide rings is 1. The molecule has 0 aromatic heterocycles. The molecule has 0 amide bonds. The Morgan fingerprint density at radius 1 is 0.929 bits per heavy atom. The maximum atomic E-state index is 8.75. The van der Waals surface area contributed by atoms with Crippen molar-refractivity contribution in [2.45, 2.75) is 70.5 Å². The fourth-order valence-electron chi connectivity index (χ4n) is 1.90. The zero-order valence-corrected chi connectivity index (χ0v) is 9.37. The Bertz CT molecular complexity index is 136. The molecule has 0 aromatic rings. The fourth-order valence-corrected chi connectivity index (χ4v) is 1.90. The van der Waals surface area contributed by atoms with Crippen molar-refractivity contribution >= 4 is 0 Å². The van der Waals surface area contributed by atoms with Crippen LogP contribution in [-0.4, -0.2) is 23.9 Å². The number of rotatable bonds is 9. The van der Waals surface area contributed by atoms with Crippen LogP contribution in [0.5, 0.6) is 0 Å². The van der Waals surface area contributed by atoms with E-state index in [2.05, 4.69) is 6.92 Å². The molecule has 1 aliphatic rings. The average Bonchev–Trinajstić information content (AvgIpc) is 2.95. The van der Waals surface area contributed by atoms with Crippen LogP contribution in [0, 0.1) is 0 Å². The number of unbranched alkanes of at least 4 members (excludes halogenated alkanes) is 6. The summed E-state index contributed by atoms with van der Waals surface area (Å²) in [5, 5.41) is 8.75. The SMILES string of the molecule is CCCCCCCCCC1O[C@@H]1CO. The van der Waals surface area contributed by atoms with Crippen molar-refractivity contribution in [3.8, 4) is 0 Å². The van der Waals surface area contributed by atoms with Crippen LogP contribution >= 0.6 is 0 Å². The van der Waals surface area contributed by atoms with Gasteiger partial charge >= 0.3 is 0 Å². The first-order chi connectivity index (χ1) is 6.88. The molecular formula is C12H24O2. The van der Waals surface area contributed by atoms with Crippen LogP contribution in [0.1, 0.15) is 58.3 Å². The lowest BCUT2D eigenvalue weighted by Gasteiger charge is -1.99. The van der Waals surface area contributed by atoms with Gasteiger partial charge in [-0.05, 0) is 6.42 Å². The van der Waals surface area contributed by atoms with E-state index in [9.17, 15) is 0 Å². The summed E-state index contributed by atoms with van der Waals surface area (Å²) in [4.78, 5) is 0. The van der Waals surface area contributed by atoms with Gasteiger partial charge in [-0.15, -0.1) is 0 Å². The first kappa shape index (κ1) is 12.0. The average molecular weight is 200 g/mol. The maximum absolute atomic E-state index is 8.75. The molecular weight excluding hydrogens is 176 g/mol. The van der Waals surface area contributed by atoms with Crippen molar-refractivity contribution in [2.75, 3.05) is 6.61 Å². The second kappa shape index (κ2) is 7.24. The van der Waals surface area contributed by atoms with E-state index in [0.717, 1.165) is 6.42 Å². The molecule has 0 aliphatic carbocycles. The van der Waals surface area contributed by atoms with Gasteiger partial charge in [0.25, 0.3) is 0 Å². The van der Waals surface area contributed by atoms with Gasteiger partial charge in [0.05, 0.1) is 12.7 Å². The van der Waals surface area contributed by atoms with Crippen LogP contribution in [0.15, 0.2) is 0 Å². The molecule has 0 aromatic carbocycles. The maximum Gasteiger partial charge on any atom is 0.107 e. The van der Waals surface area contributed by atoms with Gasteiger partial charge in [0, 0.05) is 0 Å². The highest BCUT2D eigenvalue weighted by Gasteiger charge is 2.36. The highest BCUT2D eigenvalue weighted by atomic mass is 16.6. The normalized spacial score (nSPS) is 25.3. The Kier molecular flexibility index (Phi) is 6.20. The number of hydrogen-bond donors (Lipinski definition) is 1. The molecule has 1 saturated heterocycles. The van der Waals surface area contributed by atoms with Crippen LogP contribution in [0.4, 0.5) is 0 Å². The molecule has 2 atom stereocenters. The molecule has 0 bridgehead atoms. The second-order valence-corrected chi connectivity index (χ2v) is 4.31. The van der Waals surface area contributed by atoms with Gasteiger partial charge in [-0.25, -0.2) is 0 Å². The fraction of sp³-hybridized carbons (Fsp3) is 1.00. The van der Waals surface area contributed by atoms with Gasteiger partial charge in [0.2, 0.25) is 0 Å². The smallest absolute Gasteiger partial charge is 0.107 e.